The maximum Gasteiger partial charge on any atom is 0.231 e. The highest BCUT2D eigenvalue weighted by atomic mass is 16.7. The molecular formula is C19H25NO4. The van der Waals surface area contributed by atoms with E-state index in [9.17, 15) is 5.11 Å². The zero-order chi connectivity index (χ0) is 17.2. The predicted octanol–water partition coefficient (Wildman–Crippen LogP) is 2.97. The number of rotatable bonds is 7. The Balaban J connectivity index is 0.00000100. The molecule has 0 saturated heterocycles. The molecule has 1 atom stereocenters. The summed E-state index contributed by atoms with van der Waals surface area (Å²) in [6.07, 6.45) is -0.561. The molecule has 1 aliphatic rings. The van der Waals surface area contributed by atoms with Gasteiger partial charge in [-0.15, -0.1) is 0 Å². The van der Waals surface area contributed by atoms with E-state index in [0.29, 0.717) is 13.1 Å². The summed E-state index contributed by atoms with van der Waals surface area (Å²) in [6, 6.07) is 15.3. The number of hydrogen-bond donors (Lipinski definition) is 2. The molecule has 2 aromatic carbocycles. The normalized spacial score (nSPS) is 13.0. The van der Waals surface area contributed by atoms with E-state index in [1.807, 2.05) is 62.4 Å². The van der Waals surface area contributed by atoms with Crippen molar-refractivity contribution in [2.45, 2.75) is 26.5 Å². The van der Waals surface area contributed by atoms with Crippen molar-refractivity contribution in [2.75, 3.05) is 19.9 Å². The summed E-state index contributed by atoms with van der Waals surface area (Å²) in [5.74, 6) is 2.31. The molecule has 5 heteroatoms. The van der Waals surface area contributed by atoms with Gasteiger partial charge in [-0.3, -0.25) is 0 Å². The van der Waals surface area contributed by atoms with Crippen molar-refractivity contribution in [1.82, 2.24) is 5.32 Å². The molecule has 0 aromatic heterocycles. The van der Waals surface area contributed by atoms with Crippen molar-refractivity contribution in [3.8, 4) is 17.2 Å². The molecule has 2 N–H and O–H groups in total. The van der Waals surface area contributed by atoms with Gasteiger partial charge in [-0.2, -0.15) is 0 Å². The van der Waals surface area contributed by atoms with Gasteiger partial charge < -0.3 is 24.6 Å². The molecule has 1 aliphatic heterocycles. The first-order valence-corrected chi connectivity index (χ1v) is 8.26. The third kappa shape index (κ3) is 5.44. The summed E-state index contributed by atoms with van der Waals surface area (Å²) in [5, 5.41) is 13.1. The maximum atomic E-state index is 9.91. The molecule has 0 radical (unpaired) electrons. The molecule has 1 heterocycles. The number of aliphatic hydroxyl groups excluding tert-OH is 1. The van der Waals surface area contributed by atoms with E-state index in [1.54, 1.807) is 0 Å². The molecule has 0 amide bonds. The second kappa shape index (κ2) is 9.80. The van der Waals surface area contributed by atoms with E-state index >= 15 is 0 Å². The van der Waals surface area contributed by atoms with Crippen molar-refractivity contribution >= 4 is 0 Å². The fraction of sp³-hybridized carbons (Fsp3) is 0.368. The van der Waals surface area contributed by atoms with Crippen molar-refractivity contribution in [2.24, 2.45) is 0 Å². The summed E-state index contributed by atoms with van der Waals surface area (Å²) in [4.78, 5) is 0. The highest BCUT2D eigenvalue weighted by molar-refractivity contribution is 5.44. The summed E-state index contributed by atoms with van der Waals surface area (Å²) in [6.45, 7) is 5.65. The van der Waals surface area contributed by atoms with Crippen LogP contribution in [0.5, 0.6) is 17.2 Å². The van der Waals surface area contributed by atoms with Crippen molar-refractivity contribution < 1.29 is 19.3 Å². The summed E-state index contributed by atoms with van der Waals surface area (Å²) >= 11 is 0. The average molecular weight is 331 g/mol. The van der Waals surface area contributed by atoms with Gasteiger partial charge in [0.05, 0.1) is 0 Å². The monoisotopic (exact) mass is 331 g/mol. The number of benzene rings is 2. The van der Waals surface area contributed by atoms with Crippen molar-refractivity contribution in [1.29, 1.82) is 0 Å². The first-order chi connectivity index (χ1) is 11.8. The summed E-state index contributed by atoms with van der Waals surface area (Å²) in [7, 11) is 0. The molecular weight excluding hydrogens is 306 g/mol. The first-order valence-electron chi connectivity index (χ1n) is 8.26. The lowest BCUT2D eigenvalue weighted by molar-refractivity contribution is 0.106. The molecule has 130 valence electrons. The van der Waals surface area contributed by atoms with Gasteiger partial charge in [0.15, 0.2) is 11.5 Å². The Morgan fingerprint density at radius 2 is 1.83 bits per heavy atom. The standard InChI is InChI=1S/C17H19NO4.C2H6/c19-14(11-20-15-4-2-1-3-5-15)10-18-9-13-6-7-16-17(8-13)22-12-21-16;1-2/h1-8,14,18-19H,9-12H2;1-2H3. The van der Waals surface area contributed by atoms with Gasteiger partial charge in [0.25, 0.3) is 0 Å². The zero-order valence-electron chi connectivity index (χ0n) is 14.2. The van der Waals surface area contributed by atoms with E-state index in [0.717, 1.165) is 22.8 Å². The molecule has 0 spiro atoms. The van der Waals surface area contributed by atoms with Crippen LogP contribution in [0, 0.1) is 0 Å². The first kappa shape index (κ1) is 18.1. The number of para-hydroxylation sites is 1. The number of nitrogens with one attached hydrogen (secondary N) is 1. The minimum absolute atomic E-state index is 0.262. The van der Waals surface area contributed by atoms with E-state index in [2.05, 4.69) is 5.32 Å². The molecule has 24 heavy (non-hydrogen) atoms. The fourth-order valence-corrected chi connectivity index (χ4v) is 2.20. The van der Waals surface area contributed by atoms with Gasteiger partial charge >= 0.3 is 0 Å². The zero-order valence-corrected chi connectivity index (χ0v) is 14.2. The maximum absolute atomic E-state index is 9.91. The van der Waals surface area contributed by atoms with Crippen LogP contribution in [0.3, 0.4) is 0 Å². The Kier molecular flexibility index (Phi) is 7.39. The molecule has 0 fully saturated rings. The van der Waals surface area contributed by atoms with Crippen LogP contribution in [0.2, 0.25) is 0 Å². The minimum atomic E-state index is -0.561. The van der Waals surface area contributed by atoms with Crippen LogP contribution in [-0.4, -0.2) is 31.2 Å². The number of aliphatic hydroxyl groups is 1. The van der Waals surface area contributed by atoms with Gasteiger partial charge in [-0.05, 0) is 29.8 Å². The van der Waals surface area contributed by atoms with E-state index in [4.69, 9.17) is 14.2 Å². The summed E-state index contributed by atoms with van der Waals surface area (Å²) in [5.41, 5.74) is 1.08. The second-order valence-electron chi connectivity index (χ2n) is 5.10. The lowest BCUT2D eigenvalue weighted by atomic mass is 10.2. The van der Waals surface area contributed by atoms with Gasteiger partial charge in [0, 0.05) is 13.1 Å². The van der Waals surface area contributed by atoms with Crippen LogP contribution in [-0.2, 0) is 6.54 Å². The molecule has 3 rings (SSSR count). The lowest BCUT2D eigenvalue weighted by Gasteiger charge is -2.13. The second-order valence-corrected chi connectivity index (χ2v) is 5.10. The highest BCUT2D eigenvalue weighted by Crippen LogP contribution is 2.32. The Bertz CT molecular complexity index is 604. The highest BCUT2D eigenvalue weighted by Gasteiger charge is 2.13. The fourth-order valence-electron chi connectivity index (χ4n) is 2.20. The van der Waals surface area contributed by atoms with Crippen LogP contribution in [0.15, 0.2) is 48.5 Å². The van der Waals surface area contributed by atoms with Gasteiger partial charge in [-0.25, -0.2) is 0 Å². The average Bonchev–Trinajstić information content (AvgIpc) is 3.10. The van der Waals surface area contributed by atoms with E-state index in [1.165, 1.54) is 0 Å². The van der Waals surface area contributed by atoms with Gasteiger partial charge in [-0.1, -0.05) is 38.1 Å². The summed E-state index contributed by atoms with van der Waals surface area (Å²) < 4.78 is 16.1. The molecule has 1 unspecified atom stereocenters. The molecule has 5 nitrogen and oxygen atoms in total. The molecule has 0 bridgehead atoms. The largest absolute Gasteiger partial charge is 0.491 e. The number of hydrogen-bond acceptors (Lipinski definition) is 5. The Hall–Kier alpha value is -2.24. The number of ether oxygens (including phenoxy) is 3. The number of fused-ring (bicyclic) bond motifs is 1. The van der Waals surface area contributed by atoms with E-state index in [-0.39, 0.29) is 13.4 Å². The molecule has 0 saturated carbocycles. The predicted molar refractivity (Wildman–Crippen MR) is 93.6 cm³/mol. The van der Waals surface area contributed by atoms with Gasteiger partial charge in [0.2, 0.25) is 6.79 Å². The third-order valence-corrected chi connectivity index (χ3v) is 3.33. The quantitative estimate of drug-likeness (QED) is 0.817. The lowest BCUT2D eigenvalue weighted by Crippen LogP contribution is -2.31. The molecule has 2 aromatic rings. The van der Waals surface area contributed by atoms with Crippen LogP contribution >= 0.6 is 0 Å². The van der Waals surface area contributed by atoms with Gasteiger partial charge in [0.1, 0.15) is 18.5 Å². The van der Waals surface area contributed by atoms with Crippen molar-refractivity contribution in [3.63, 3.8) is 0 Å². The Morgan fingerprint density at radius 3 is 2.62 bits per heavy atom. The Labute approximate surface area is 143 Å². The van der Waals surface area contributed by atoms with Crippen LogP contribution in [0.1, 0.15) is 19.4 Å². The van der Waals surface area contributed by atoms with Crippen molar-refractivity contribution in [3.05, 3.63) is 54.1 Å². The Morgan fingerprint density at radius 1 is 1.08 bits per heavy atom. The van der Waals surface area contributed by atoms with Crippen LogP contribution in [0.4, 0.5) is 0 Å². The van der Waals surface area contributed by atoms with E-state index < -0.39 is 6.10 Å². The minimum Gasteiger partial charge on any atom is -0.491 e. The third-order valence-electron chi connectivity index (χ3n) is 3.33. The van der Waals surface area contributed by atoms with Crippen LogP contribution in [0.25, 0.3) is 0 Å². The van der Waals surface area contributed by atoms with Crippen LogP contribution < -0.4 is 19.5 Å². The smallest absolute Gasteiger partial charge is 0.231 e. The SMILES string of the molecule is CC.OC(CNCc1ccc2c(c1)OCO2)COc1ccccc1. The molecule has 0 aliphatic carbocycles. The topological polar surface area (TPSA) is 60.0 Å².